The molecule has 0 heterocycles. The minimum atomic E-state index is -2.25. The molecule has 0 aromatic carbocycles. The Hall–Kier alpha value is 1.40. The van der Waals surface area contributed by atoms with Crippen molar-refractivity contribution in [1.29, 1.82) is 0 Å². The first-order valence-corrected chi connectivity index (χ1v) is 17.8. The van der Waals surface area contributed by atoms with E-state index in [1.165, 1.54) is 34.6 Å². The predicted octanol–water partition coefficient (Wildman–Crippen LogP) is 3.96. The maximum atomic E-state index is 6.79. The van der Waals surface area contributed by atoms with Gasteiger partial charge >= 0.3 is 100 Å². The SMILES string of the molecule is CCC[CH2][Sn]([Cl])([CH2]CCC)[S]CCN. The van der Waals surface area contributed by atoms with Crippen LogP contribution >= 0.6 is 17.9 Å². The summed E-state index contributed by atoms with van der Waals surface area (Å²) in [6.45, 7) is 5.28. The van der Waals surface area contributed by atoms with E-state index in [2.05, 4.69) is 22.8 Å². The first-order valence-electron chi connectivity index (χ1n) is 5.71. The van der Waals surface area contributed by atoms with Crippen LogP contribution in [0, 0.1) is 0 Å². The molecule has 0 bridgehead atoms. The van der Waals surface area contributed by atoms with Crippen molar-refractivity contribution in [2.45, 2.75) is 48.4 Å². The molecule has 0 saturated carbocycles. The van der Waals surface area contributed by atoms with Crippen LogP contribution in [0.4, 0.5) is 0 Å². The molecule has 0 rings (SSSR count). The predicted molar refractivity (Wildman–Crippen MR) is 72.5 cm³/mol. The third-order valence-corrected chi connectivity index (χ3v) is 23.2. The van der Waals surface area contributed by atoms with Gasteiger partial charge < -0.3 is 0 Å². The molecule has 0 atom stereocenters. The van der Waals surface area contributed by atoms with E-state index in [1.807, 2.05) is 0 Å². The zero-order valence-corrected chi connectivity index (χ0v) is 13.9. The summed E-state index contributed by atoms with van der Waals surface area (Å²) < 4.78 is 2.66. The number of rotatable bonds is 9. The van der Waals surface area contributed by atoms with Gasteiger partial charge in [-0.05, 0) is 0 Å². The standard InChI is InChI=1S/2C4H9.C2H7NS.ClH.Sn/c2*1-3-4-2;3-1-2-4;;/h2*1,3-4H2,2H3;4H,1-3H2;1H;/q;;;;+2/p-2. The molecule has 0 saturated heterocycles. The second-order valence-electron chi connectivity index (χ2n) is 3.73. The van der Waals surface area contributed by atoms with Gasteiger partial charge in [0.2, 0.25) is 0 Å². The quantitative estimate of drug-likeness (QED) is 0.641. The Morgan fingerprint density at radius 2 is 1.64 bits per heavy atom. The van der Waals surface area contributed by atoms with Crippen LogP contribution in [0.5, 0.6) is 0 Å². The summed E-state index contributed by atoms with van der Waals surface area (Å²) in [5.74, 6) is 1.08. The topological polar surface area (TPSA) is 26.0 Å². The average Bonchev–Trinajstić information content (AvgIpc) is 2.21. The monoisotopic (exact) mass is 345 g/mol. The molecule has 0 aromatic rings. The molecule has 0 unspecified atom stereocenters. The van der Waals surface area contributed by atoms with E-state index < -0.39 is 15.9 Å². The Labute approximate surface area is 99.6 Å². The molecule has 86 valence electrons. The van der Waals surface area contributed by atoms with Crippen molar-refractivity contribution in [2.24, 2.45) is 5.73 Å². The fourth-order valence-corrected chi connectivity index (χ4v) is 19.8. The fourth-order valence-electron chi connectivity index (χ4n) is 1.39. The number of hydrogen-bond donors (Lipinski definition) is 1. The van der Waals surface area contributed by atoms with Gasteiger partial charge in [-0.2, -0.15) is 0 Å². The summed E-state index contributed by atoms with van der Waals surface area (Å²) in [4.78, 5) is 0. The van der Waals surface area contributed by atoms with E-state index in [4.69, 9.17) is 14.7 Å². The maximum absolute atomic E-state index is 6.79. The Bertz CT molecular complexity index is 114. The number of hydrogen-bond acceptors (Lipinski definition) is 2. The zero-order valence-electron chi connectivity index (χ0n) is 9.52. The van der Waals surface area contributed by atoms with E-state index in [-0.39, 0.29) is 0 Å². The molecule has 14 heavy (non-hydrogen) atoms. The van der Waals surface area contributed by atoms with Crippen molar-refractivity contribution >= 4 is 33.7 Å². The van der Waals surface area contributed by atoms with Crippen LogP contribution in [0.15, 0.2) is 0 Å². The Morgan fingerprint density at radius 3 is 2.00 bits per heavy atom. The second kappa shape index (κ2) is 9.61. The van der Waals surface area contributed by atoms with Crippen LogP contribution in [0.2, 0.25) is 8.87 Å². The summed E-state index contributed by atoms with van der Waals surface area (Å²) in [7, 11) is 8.85. The van der Waals surface area contributed by atoms with Crippen molar-refractivity contribution in [3.63, 3.8) is 0 Å². The minimum absolute atomic E-state index is 0.786. The molecule has 0 aliphatic heterocycles. The summed E-state index contributed by atoms with van der Waals surface area (Å²) in [6, 6.07) is 0. The Balaban J connectivity index is 3.89. The van der Waals surface area contributed by atoms with Gasteiger partial charge in [0.05, 0.1) is 0 Å². The summed E-state index contributed by atoms with van der Waals surface area (Å²) >= 11 is -2.25. The van der Waals surface area contributed by atoms with Crippen molar-refractivity contribution in [1.82, 2.24) is 0 Å². The van der Waals surface area contributed by atoms with Gasteiger partial charge in [-0.3, -0.25) is 0 Å². The van der Waals surface area contributed by atoms with Gasteiger partial charge in [0.15, 0.2) is 0 Å². The molecule has 0 spiro atoms. The number of halogens is 1. The van der Waals surface area contributed by atoms with Crippen LogP contribution in [-0.2, 0) is 0 Å². The number of nitrogens with two attached hydrogens (primary N) is 1. The van der Waals surface area contributed by atoms with Gasteiger partial charge in [0.1, 0.15) is 0 Å². The van der Waals surface area contributed by atoms with E-state index in [1.54, 1.807) is 0 Å². The van der Waals surface area contributed by atoms with Gasteiger partial charge in [0, 0.05) is 0 Å². The van der Waals surface area contributed by atoms with E-state index in [0.717, 1.165) is 12.3 Å². The molecule has 0 aromatic heterocycles. The molecule has 0 fully saturated rings. The van der Waals surface area contributed by atoms with Crippen molar-refractivity contribution in [3.8, 4) is 0 Å². The van der Waals surface area contributed by atoms with Crippen molar-refractivity contribution in [3.05, 3.63) is 0 Å². The second-order valence-corrected chi connectivity index (χ2v) is 26.4. The third-order valence-electron chi connectivity index (χ3n) is 2.29. The molecular weight excluding hydrogens is 320 g/mol. The molecule has 1 nitrogen and oxygen atoms in total. The Morgan fingerprint density at radius 1 is 1.14 bits per heavy atom. The zero-order chi connectivity index (χ0) is 10.9. The van der Waals surface area contributed by atoms with Crippen LogP contribution in [-0.4, -0.2) is 28.2 Å². The average molecular weight is 345 g/mol. The van der Waals surface area contributed by atoms with Gasteiger partial charge in [-0.15, -0.1) is 0 Å². The normalized spacial score (nSPS) is 12.0. The third kappa shape index (κ3) is 7.66. The summed E-state index contributed by atoms with van der Waals surface area (Å²) in [5, 5.41) is 0. The van der Waals surface area contributed by atoms with Crippen LogP contribution < -0.4 is 5.73 Å². The Kier molecular flexibility index (Phi) is 10.6. The van der Waals surface area contributed by atoms with Crippen LogP contribution in [0.3, 0.4) is 0 Å². The van der Waals surface area contributed by atoms with Gasteiger partial charge in [-0.1, -0.05) is 0 Å². The summed E-state index contributed by atoms with van der Waals surface area (Å²) in [6.07, 6.45) is 5.20. The van der Waals surface area contributed by atoms with Gasteiger partial charge in [-0.25, -0.2) is 0 Å². The van der Waals surface area contributed by atoms with E-state index in [9.17, 15) is 0 Å². The van der Waals surface area contributed by atoms with Crippen molar-refractivity contribution in [2.75, 3.05) is 12.3 Å². The van der Waals surface area contributed by atoms with Crippen LogP contribution in [0.25, 0.3) is 0 Å². The van der Waals surface area contributed by atoms with Crippen LogP contribution in [0.1, 0.15) is 39.5 Å². The molecule has 0 aliphatic rings. The van der Waals surface area contributed by atoms with E-state index >= 15 is 0 Å². The first-order chi connectivity index (χ1) is 6.68. The molecular formula is C10H24ClNSSn. The molecule has 2 N–H and O–H groups in total. The fraction of sp³-hybridized carbons (Fsp3) is 1.00. The molecule has 4 heteroatoms. The van der Waals surface area contributed by atoms with E-state index in [0.29, 0.717) is 0 Å². The molecule has 0 amide bonds. The van der Waals surface area contributed by atoms with Gasteiger partial charge in [0.25, 0.3) is 0 Å². The molecule has 0 radical (unpaired) electrons. The molecule has 0 aliphatic carbocycles. The van der Waals surface area contributed by atoms with Crippen molar-refractivity contribution < 1.29 is 0 Å². The number of unbranched alkanes of at least 4 members (excludes halogenated alkanes) is 2. The first kappa shape index (κ1) is 15.4. The summed E-state index contributed by atoms with van der Waals surface area (Å²) in [5.41, 5.74) is 5.55.